The zero-order valence-corrected chi connectivity index (χ0v) is 14.1. The first-order valence-electron chi connectivity index (χ1n) is 7.93. The molecule has 1 aliphatic rings. The van der Waals surface area contributed by atoms with Gasteiger partial charge in [-0.2, -0.15) is 4.98 Å². The molecule has 0 atom stereocenters. The normalized spacial score (nSPS) is 16.1. The molecule has 1 aromatic carbocycles. The Labute approximate surface area is 140 Å². The fraction of sp³-hybridized carbons (Fsp3) is 0.471. The van der Waals surface area contributed by atoms with E-state index < -0.39 is 0 Å². The molecule has 6 heteroatoms. The Balaban J connectivity index is 1.61. The van der Waals surface area contributed by atoms with Crippen LogP contribution in [0.4, 0.5) is 0 Å². The van der Waals surface area contributed by atoms with Crippen molar-refractivity contribution >= 4 is 17.5 Å². The van der Waals surface area contributed by atoms with Gasteiger partial charge in [0.1, 0.15) is 0 Å². The highest BCUT2D eigenvalue weighted by Gasteiger charge is 2.27. The Morgan fingerprint density at radius 3 is 2.43 bits per heavy atom. The molecule has 1 aromatic heterocycles. The van der Waals surface area contributed by atoms with E-state index in [0.29, 0.717) is 24.9 Å². The molecular formula is C17H20ClN3O2. The van der Waals surface area contributed by atoms with E-state index in [0.717, 1.165) is 18.4 Å². The molecule has 5 nitrogen and oxygen atoms in total. The van der Waals surface area contributed by atoms with E-state index in [-0.39, 0.29) is 17.1 Å². The first-order valence-corrected chi connectivity index (χ1v) is 8.30. The van der Waals surface area contributed by atoms with Crippen molar-refractivity contribution in [3.05, 3.63) is 46.6 Å². The summed E-state index contributed by atoms with van der Waals surface area (Å²) in [7, 11) is 0. The lowest BCUT2D eigenvalue weighted by Crippen LogP contribution is -2.38. The minimum Gasteiger partial charge on any atom is -0.339 e. The van der Waals surface area contributed by atoms with Crippen LogP contribution in [0.15, 0.2) is 28.8 Å². The maximum atomic E-state index is 12.6. The number of aromatic nitrogens is 2. The van der Waals surface area contributed by atoms with Crippen molar-refractivity contribution < 1.29 is 9.32 Å². The van der Waals surface area contributed by atoms with Crippen molar-refractivity contribution in [2.24, 2.45) is 0 Å². The largest absolute Gasteiger partial charge is 0.339 e. The monoisotopic (exact) mass is 333 g/mol. The lowest BCUT2D eigenvalue weighted by Gasteiger charge is -2.30. The number of rotatable bonds is 3. The number of carbonyl (C=O) groups is 1. The molecule has 0 N–H and O–H groups in total. The number of amides is 1. The molecule has 23 heavy (non-hydrogen) atoms. The fourth-order valence-electron chi connectivity index (χ4n) is 2.90. The second-order valence-corrected chi connectivity index (χ2v) is 6.58. The van der Waals surface area contributed by atoms with Crippen molar-refractivity contribution in [2.75, 3.05) is 13.1 Å². The van der Waals surface area contributed by atoms with Crippen molar-refractivity contribution in [1.82, 2.24) is 15.0 Å². The number of likely N-dealkylation sites (tertiary alicyclic amines) is 1. The van der Waals surface area contributed by atoms with Crippen LogP contribution in [-0.2, 0) is 0 Å². The minimum absolute atomic E-state index is 0.0855. The third-order valence-corrected chi connectivity index (χ3v) is 4.53. The summed E-state index contributed by atoms with van der Waals surface area (Å²) in [6, 6.07) is 7.90. The van der Waals surface area contributed by atoms with E-state index in [1.165, 1.54) is 5.56 Å². The summed E-state index contributed by atoms with van der Waals surface area (Å²) in [5.41, 5.74) is 1.99. The highest BCUT2D eigenvalue weighted by Crippen LogP contribution is 2.28. The summed E-state index contributed by atoms with van der Waals surface area (Å²) in [5, 5.41) is 3.76. The number of hydrogen-bond acceptors (Lipinski definition) is 4. The zero-order valence-electron chi connectivity index (χ0n) is 13.3. The van der Waals surface area contributed by atoms with Crippen LogP contribution in [0.2, 0.25) is 5.28 Å². The van der Waals surface area contributed by atoms with Crippen LogP contribution in [-0.4, -0.2) is 34.0 Å². The minimum atomic E-state index is 0.0855. The number of carbonyl (C=O) groups excluding carboxylic acids is 1. The van der Waals surface area contributed by atoms with Gasteiger partial charge in [-0.1, -0.05) is 26.0 Å². The van der Waals surface area contributed by atoms with E-state index in [2.05, 4.69) is 24.0 Å². The van der Waals surface area contributed by atoms with Crippen LogP contribution >= 0.6 is 11.6 Å². The molecule has 0 radical (unpaired) electrons. The molecule has 0 aliphatic carbocycles. The number of benzene rings is 1. The summed E-state index contributed by atoms with van der Waals surface area (Å²) < 4.78 is 5.12. The predicted octanol–water partition coefficient (Wildman–Crippen LogP) is 3.87. The van der Waals surface area contributed by atoms with Crippen LogP contribution in [0, 0.1) is 0 Å². The molecule has 122 valence electrons. The van der Waals surface area contributed by atoms with E-state index in [4.69, 9.17) is 16.1 Å². The Morgan fingerprint density at radius 1 is 1.26 bits per heavy atom. The molecule has 3 rings (SSSR count). The topological polar surface area (TPSA) is 59.2 Å². The number of nitrogens with zero attached hydrogens (tertiary/aromatic N) is 3. The molecule has 1 saturated heterocycles. The Bertz CT molecular complexity index is 673. The highest BCUT2D eigenvalue weighted by molar-refractivity contribution is 6.28. The summed E-state index contributed by atoms with van der Waals surface area (Å²) in [6.45, 7) is 5.67. The molecule has 0 saturated carbocycles. The third-order valence-electron chi connectivity index (χ3n) is 4.37. The van der Waals surface area contributed by atoms with Gasteiger partial charge in [-0.05, 0) is 53.2 Å². The maximum absolute atomic E-state index is 12.6. The van der Waals surface area contributed by atoms with Crippen LogP contribution in [0.3, 0.4) is 0 Å². The average Bonchev–Trinajstić information content (AvgIpc) is 3.01. The Kier molecular flexibility index (Phi) is 4.66. The summed E-state index contributed by atoms with van der Waals surface area (Å²) in [5.74, 6) is 1.31. The summed E-state index contributed by atoms with van der Waals surface area (Å²) >= 11 is 5.69. The number of piperidine rings is 1. The standard InChI is InChI=1S/C17H20ClN3O2/c1-11(2)12-3-5-14(6-4-12)16(22)21-9-7-13(8-10-21)15-19-17(18)20-23-15/h3-6,11,13H,7-10H2,1-2H3. The van der Waals surface area contributed by atoms with Crippen molar-refractivity contribution in [2.45, 2.75) is 38.5 Å². The average molecular weight is 334 g/mol. The van der Waals surface area contributed by atoms with Gasteiger partial charge < -0.3 is 9.42 Å². The van der Waals surface area contributed by atoms with Gasteiger partial charge in [-0.25, -0.2) is 0 Å². The second kappa shape index (κ2) is 6.71. The second-order valence-electron chi connectivity index (χ2n) is 6.24. The van der Waals surface area contributed by atoms with E-state index in [9.17, 15) is 4.79 Å². The number of hydrogen-bond donors (Lipinski definition) is 0. The van der Waals surface area contributed by atoms with E-state index in [1.54, 1.807) is 0 Å². The molecular weight excluding hydrogens is 314 g/mol. The van der Waals surface area contributed by atoms with Gasteiger partial charge >= 0.3 is 0 Å². The van der Waals surface area contributed by atoms with E-state index >= 15 is 0 Å². The molecule has 1 fully saturated rings. The maximum Gasteiger partial charge on any atom is 0.263 e. The predicted molar refractivity (Wildman–Crippen MR) is 87.7 cm³/mol. The van der Waals surface area contributed by atoms with Gasteiger partial charge in [0.05, 0.1) is 0 Å². The number of halogens is 1. The zero-order chi connectivity index (χ0) is 16.4. The third kappa shape index (κ3) is 3.55. The Morgan fingerprint density at radius 2 is 1.91 bits per heavy atom. The molecule has 2 heterocycles. The molecule has 0 spiro atoms. The quantitative estimate of drug-likeness (QED) is 0.855. The van der Waals surface area contributed by atoms with Gasteiger partial charge in [-0.3, -0.25) is 4.79 Å². The summed E-state index contributed by atoms with van der Waals surface area (Å²) in [6.07, 6.45) is 1.63. The lowest BCUT2D eigenvalue weighted by atomic mass is 9.96. The first-order chi connectivity index (χ1) is 11.0. The van der Waals surface area contributed by atoms with Crippen LogP contribution < -0.4 is 0 Å². The van der Waals surface area contributed by atoms with Gasteiger partial charge in [0, 0.05) is 24.6 Å². The molecule has 0 bridgehead atoms. The SMILES string of the molecule is CC(C)c1ccc(C(=O)N2CCC(c3nc(Cl)no3)CC2)cc1. The van der Waals surface area contributed by atoms with Crippen molar-refractivity contribution in [1.29, 1.82) is 0 Å². The van der Waals surface area contributed by atoms with Crippen LogP contribution in [0.1, 0.15) is 60.3 Å². The van der Waals surface area contributed by atoms with Crippen molar-refractivity contribution in [3.63, 3.8) is 0 Å². The van der Waals surface area contributed by atoms with Gasteiger partial charge in [-0.15, -0.1) is 0 Å². The fourth-order valence-corrected chi connectivity index (χ4v) is 3.02. The summed E-state index contributed by atoms with van der Waals surface area (Å²) in [4.78, 5) is 18.5. The lowest BCUT2D eigenvalue weighted by molar-refractivity contribution is 0.0704. The van der Waals surface area contributed by atoms with Gasteiger partial charge in [0.25, 0.3) is 11.2 Å². The molecule has 1 aliphatic heterocycles. The van der Waals surface area contributed by atoms with E-state index in [1.807, 2.05) is 29.2 Å². The highest BCUT2D eigenvalue weighted by atomic mass is 35.5. The Hall–Kier alpha value is -1.88. The smallest absolute Gasteiger partial charge is 0.263 e. The molecule has 2 aromatic rings. The van der Waals surface area contributed by atoms with Crippen molar-refractivity contribution in [3.8, 4) is 0 Å². The van der Waals surface area contributed by atoms with Gasteiger partial charge in [0.15, 0.2) is 0 Å². The van der Waals surface area contributed by atoms with Gasteiger partial charge in [0.2, 0.25) is 5.89 Å². The molecule has 1 amide bonds. The van der Waals surface area contributed by atoms with Crippen LogP contribution in [0.25, 0.3) is 0 Å². The first kappa shape index (κ1) is 16.0. The van der Waals surface area contributed by atoms with Crippen LogP contribution in [0.5, 0.6) is 0 Å². The molecule has 0 unspecified atom stereocenters.